The predicted molar refractivity (Wildman–Crippen MR) is 92.9 cm³/mol. The molecule has 1 fully saturated rings. The SMILES string of the molecule is COC1(c2noc(C(NC(=O)c3ccccc3)C(C)C)n2)CCCC1. The molecule has 0 aliphatic heterocycles. The van der Waals surface area contributed by atoms with Gasteiger partial charge >= 0.3 is 0 Å². The van der Waals surface area contributed by atoms with Gasteiger partial charge in [0.15, 0.2) is 0 Å². The summed E-state index contributed by atoms with van der Waals surface area (Å²) in [5.74, 6) is 0.976. The van der Waals surface area contributed by atoms with Gasteiger partial charge in [-0.25, -0.2) is 0 Å². The van der Waals surface area contributed by atoms with E-state index in [1.165, 1.54) is 0 Å². The van der Waals surface area contributed by atoms with Gasteiger partial charge < -0.3 is 14.6 Å². The van der Waals surface area contributed by atoms with Crippen LogP contribution in [0, 0.1) is 5.92 Å². The van der Waals surface area contributed by atoms with E-state index >= 15 is 0 Å². The second-order valence-corrected chi connectivity index (χ2v) is 6.92. The number of amides is 1. The van der Waals surface area contributed by atoms with Crippen LogP contribution in [0.15, 0.2) is 34.9 Å². The number of hydrogen-bond acceptors (Lipinski definition) is 5. The third-order valence-electron chi connectivity index (χ3n) is 4.91. The molecule has 1 atom stereocenters. The minimum Gasteiger partial charge on any atom is -0.370 e. The number of carbonyl (C=O) groups excluding carboxylic acids is 1. The largest absolute Gasteiger partial charge is 0.370 e. The number of rotatable bonds is 6. The number of benzene rings is 1. The summed E-state index contributed by atoms with van der Waals surface area (Å²) in [6, 6.07) is 8.78. The first-order valence-corrected chi connectivity index (χ1v) is 8.81. The number of aromatic nitrogens is 2. The van der Waals surface area contributed by atoms with Crippen LogP contribution in [0.2, 0.25) is 0 Å². The fraction of sp³-hybridized carbons (Fsp3) is 0.526. The third kappa shape index (κ3) is 3.58. The first-order chi connectivity index (χ1) is 12.1. The number of carbonyl (C=O) groups is 1. The van der Waals surface area contributed by atoms with E-state index in [1.807, 2.05) is 32.0 Å². The average molecular weight is 343 g/mol. The molecule has 0 saturated heterocycles. The van der Waals surface area contributed by atoms with Gasteiger partial charge in [0.2, 0.25) is 11.7 Å². The van der Waals surface area contributed by atoms with Crippen LogP contribution in [0.1, 0.15) is 67.6 Å². The molecule has 1 aromatic carbocycles. The van der Waals surface area contributed by atoms with Gasteiger partial charge in [0.05, 0.1) is 0 Å². The van der Waals surface area contributed by atoms with Gasteiger partial charge in [-0.15, -0.1) is 0 Å². The van der Waals surface area contributed by atoms with Crippen LogP contribution in [0.4, 0.5) is 0 Å². The van der Waals surface area contributed by atoms with Crippen LogP contribution in [0.25, 0.3) is 0 Å². The molecule has 0 bridgehead atoms. The minimum atomic E-state index is -0.452. The number of hydrogen-bond donors (Lipinski definition) is 1. The molecule has 1 unspecified atom stereocenters. The summed E-state index contributed by atoms with van der Waals surface area (Å²) in [5.41, 5.74) is 0.157. The summed E-state index contributed by atoms with van der Waals surface area (Å²) in [5, 5.41) is 7.17. The van der Waals surface area contributed by atoms with Crippen molar-refractivity contribution in [2.75, 3.05) is 7.11 Å². The molecule has 1 saturated carbocycles. The first-order valence-electron chi connectivity index (χ1n) is 8.81. The summed E-state index contributed by atoms with van der Waals surface area (Å²) in [4.78, 5) is 17.1. The highest BCUT2D eigenvalue weighted by Crippen LogP contribution is 2.40. The Bertz CT molecular complexity index is 706. The van der Waals surface area contributed by atoms with E-state index in [0.717, 1.165) is 25.7 Å². The van der Waals surface area contributed by atoms with Crippen LogP contribution in [0.5, 0.6) is 0 Å². The third-order valence-corrected chi connectivity index (χ3v) is 4.91. The molecule has 2 aromatic rings. The Balaban J connectivity index is 1.81. The van der Waals surface area contributed by atoms with E-state index in [0.29, 0.717) is 17.3 Å². The number of ether oxygens (including phenoxy) is 1. The molecule has 6 heteroatoms. The molecule has 3 rings (SSSR count). The van der Waals surface area contributed by atoms with Crippen molar-refractivity contribution in [3.8, 4) is 0 Å². The van der Waals surface area contributed by atoms with Gasteiger partial charge in [-0.05, 0) is 43.7 Å². The van der Waals surface area contributed by atoms with Crippen LogP contribution in [0.3, 0.4) is 0 Å². The molecule has 1 heterocycles. The van der Waals surface area contributed by atoms with Gasteiger partial charge in [0.25, 0.3) is 5.91 Å². The van der Waals surface area contributed by atoms with E-state index in [4.69, 9.17) is 9.26 Å². The monoisotopic (exact) mass is 343 g/mol. The second-order valence-electron chi connectivity index (χ2n) is 6.92. The highest BCUT2D eigenvalue weighted by atomic mass is 16.5. The molecule has 1 amide bonds. The molecule has 1 aliphatic rings. The molecular weight excluding hydrogens is 318 g/mol. The molecule has 134 valence electrons. The summed E-state index contributed by atoms with van der Waals surface area (Å²) in [7, 11) is 1.69. The summed E-state index contributed by atoms with van der Waals surface area (Å²) >= 11 is 0. The van der Waals surface area contributed by atoms with Crippen molar-refractivity contribution in [3.63, 3.8) is 0 Å². The summed E-state index contributed by atoms with van der Waals surface area (Å²) in [6.07, 6.45) is 3.97. The Hall–Kier alpha value is -2.21. The quantitative estimate of drug-likeness (QED) is 0.867. The maximum absolute atomic E-state index is 12.5. The molecule has 0 radical (unpaired) electrons. The van der Waals surface area contributed by atoms with Gasteiger partial charge in [-0.1, -0.05) is 37.2 Å². The topological polar surface area (TPSA) is 77.3 Å². The van der Waals surface area contributed by atoms with E-state index in [-0.39, 0.29) is 17.9 Å². The van der Waals surface area contributed by atoms with Crippen molar-refractivity contribution < 1.29 is 14.1 Å². The number of methoxy groups -OCH3 is 1. The van der Waals surface area contributed by atoms with Crippen LogP contribution in [-0.4, -0.2) is 23.2 Å². The van der Waals surface area contributed by atoms with Gasteiger partial charge in [-0.3, -0.25) is 4.79 Å². The molecule has 0 spiro atoms. The highest BCUT2D eigenvalue weighted by molar-refractivity contribution is 5.94. The Kier molecular flexibility index (Phi) is 5.18. The van der Waals surface area contributed by atoms with Crippen LogP contribution < -0.4 is 5.32 Å². The lowest BCUT2D eigenvalue weighted by Crippen LogP contribution is -2.32. The predicted octanol–water partition coefficient (Wildman–Crippen LogP) is 3.61. The van der Waals surface area contributed by atoms with Crippen molar-refractivity contribution >= 4 is 5.91 Å². The lowest BCUT2D eigenvalue weighted by Gasteiger charge is -2.23. The normalized spacial score (nSPS) is 17.6. The maximum atomic E-state index is 12.5. The van der Waals surface area contributed by atoms with E-state index in [9.17, 15) is 4.79 Å². The van der Waals surface area contributed by atoms with Crippen molar-refractivity contribution in [2.45, 2.75) is 51.2 Å². The van der Waals surface area contributed by atoms with E-state index < -0.39 is 5.60 Å². The smallest absolute Gasteiger partial charge is 0.251 e. The fourth-order valence-corrected chi connectivity index (χ4v) is 3.34. The van der Waals surface area contributed by atoms with Crippen LogP contribution in [-0.2, 0) is 10.3 Å². The molecule has 6 nitrogen and oxygen atoms in total. The van der Waals surface area contributed by atoms with E-state index in [2.05, 4.69) is 15.5 Å². The lowest BCUT2D eigenvalue weighted by atomic mass is 10.0. The molecule has 1 aromatic heterocycles. The maximum Gasteiger partial charge on any atom is 0.251 e. The van der Waals surface area contributed by atoms with Gasteiger partial charge in [-0.2, -0.15) is 4.98 Å². The zero-order chi connectivity index (χ0) is 17.9. The van der Waals surface area contributed by atoms with E-state index in [1.54, 1.807) is 19.2 Å². The standard InChI is InChI=1S/C19H25N3O3/c1-13(2)15(20-16(23)14-9-5-4-6-10-14)17-21-18(22-25-17)19(24-3)11-7-8-12-19/h4-6,9-10,13,15H,7-8,11-12H2,1-3H3,(H,20,23). The van der Waals surface area contributed by atoms with Crippen molar-refractivity contribution in [2.24, 2.45) is 5.92 Å². The molecule has 25 heavy (non-hydrogen) atoms. The zero-order valence-corrected chi connectivity index (χ0v) is 15.0. The molecular formula is C19H25N3O3. The highest BCUT2D eigenvalue weighted by Gasteiger charge is 2.41. The van der Waals surface area contributed by atoms with Gasteiger partial charge in [0.1, 0.15) is 11.6 Å². The van der Waals surface area contributed by atoms with Crippen LogP contribution >= 0.6 is 0 Å². The minimum absolute atomic E-state index is 0.114. The average Bonchev–Trinajstić information content (AvgIpc) is 3.30. The fourth-order valence-electron chi connectivity index (χ4n) is 3.34. The van der Waals surface area contributed by atoms with Crippen molar-refractivity contribution in [3.05, 3.63) is 47.6 Å². The molecule has 1 N–H and O–H groups in total. The lowest BCUT2D eigenvalue weighted by molar-refractivity contribution is -0.0178. The van der Waals surface area contributed by atoms with Crippen molar-refractivity contribution in [1.82, 2.24) is 15.5 Å². The Morgan fingerprint density at radius 2 is 1.92 bits per heavy atom. The summed E-state index contributed by atoms with van der Waals surface area (Å²) in [6.45, 7) is 4.03. The first kappa shape index (κ1) is 17.6. The number of nitrogens with one attached hydrogen (secondary N) is 1. The summed E-state index contributed by atoms with van der Waals surface area (Å²) < 4.78 is 11.2. The molecule has 1 aliphatic carbocycles. The zero-order valence-electron chi connectivity index (χ0n) is 15.0. The van der Waals surface area contributed by atoms with Gasteiger partial charge in [0, 0.05) is 12.7 Å². The Morgan fingerprint density at radius 1 is 1.24 bits per heavy atom. The Labute approximate surface area is 148 Å². The second kappa shape index (κ2) is 7.35. The van der Waals surface area contributed by atoms with Crippen molar-refractivity contribution in [1.29, 1.82) is 0 Å². The Morgan fingerprint density at radius 3 is 2.52 bits per heavy atom. The number of nitrogens with zero attached hydrogens (tertiary/aromatic N) is 2.